The number of piperazine rings is 1. The smallest absolute Gasteiger partial charge is 0.228 e. The van der Waals surface area contributed by atoms with Crippen molar-refractivity contribution in [3.63, 3.8) is 0 Å². The molecule has 3 rings (SSSR count). The maximum atomic E-state index is 13.5. The lowest BCUT2D eigenvalue weighted by atomic mass is 9.99. The summed E-state index contributed by atoms with van der Waals surface area (Å²) in [5, 5.41) is 3.26. The van der Waals surface area contributed by atoms with Crippen LogP contribution in [0.25, 0.3) is 0 Å². The summed E-state index contributed by atoms with van der Waals surface area (Å²) in [6.45, 7) is 4.95. The van der Waals surface area contributed by atoms with Crippen molar-refractivity contribution < 1.29 is 14.0 Å². The SMILES string of the molecule is CCN1CC(C(=O)N2CCNCC2c2cccc(F)c2)CC1=O.Cl. The zero-order chi connectivity index (χ0) is 16.4. The minimum Gasteiger partial charge on any atom is -0.342 e. The van der Waals surface area contributed by atoms with Crippen molar-refractivity contribution in [3.05, 3.63) is 35.6 Å². The first-order valence-electron chi connectivity index (χ1n) is 8.14. The molecule has 1 aromatic rings. The quantitative estimate of drug-likeness (QED) is 0.895. The fourth-order valence-electron chi connectivity index (χ4n) is 3.46. The zero-order valence-electron chi connectivity index (χ0n) is 13.7. The Morgan fingerprint density at radius 3 is 2.88 bits per heavy atom. The molecule has 1 N–H and O–H groups in total. The predicted molar refractivity (Wildman–Crippen MR) is 91.3 cm³/mol. The molecule has 2 saturated heterocycles. The minimum absolute atomic E-state index is 0. The second-order valence-electron chi connectivity index (χ2n) is 6.14. The van der Waals surface area contributed by atoms with Crippen LogP contribution in [0.5, 0.6) is 0 Å². The van der Waals surface area contributed by atoms with Gasteiger partial charge in [-0.3, -0.25) is 9.59 Å². The van der Waals surface area contributed by atoms with Crippen LogP contribution in [0, 0.1) is 11.7 Å². The average molecular weight is 356 g/mol. The molecule has 2 aliphatic rings. The molecule has 7 heteroatoms. The molecule has 1 aromatic carbocycles. The van der Waals surface area contributed by atoms with Crippen LogP contribution in [0.1, 0.15) is 24.9 Å². The van der Waals surface area contributed by atoms with Gasteiger partial charge in [0.1, 0.15) is 5.82 Å². The topological polar surface area (TPSA) is 52.7 Å². The van der Waals surface area contributed by atoms with Gasteiger partial charge in [-0.05, 0) is 24.6 Å². The summed E-state index contributed by atoms with van der Waals surface area (Å²) in [4.78, 5) is 28.3. The van der Waals surface area contributed by atoms with Gasteiger partial charge in [-0.15, -0.1) is 12.4 Å². The molecule has 0 spiro atoms. The highest BCUT2D eigenvalue weighted by atomic mass is 35.5. The van der Waals surface area contributed by atoms with E-state index in [0.29, 0.717) is 26.2 Å². The summed E-state index contributed by atoms with van der Waals surface area (Å²) in [6, 6.07) is 6.22. The standard InChI is InChI=1S/C17H22FN3O2.ClH/c1-2-20-11-13(9-16(20)22)17(23)21-7-6-19-10-15(21)12-4-3-5-14(18)8-12;/h3-5,8,13,15,19H,2,6-7,9-11H2,1H3;1H. The summed E-state index contributed by atoms with van der Waals surface area (Å²) >= 11 is 0. The first kappa shape index (κ1) is 18.7. The van der Waals surface area contributed by atoms with Gasteiger partial charge in [0.15, 0.2) is 0 Å². The van der Waals surface area contributed by atoms with Crippen molar-refractivity contribution in [1.82, 2.24) is 15.1 Å². The summed E-state index contributed by atoms with van der Waals surface area (Å²) in [6.07, 6.45) is 0.284. The summed E-state index contributed by atoms with van der Waals surface area (Å²) in [7, 11) is 0. The molecule has 2 aliphatic heterocycles. The van der Waals surface area contributed by atoms with Gasteiger partial charge in [0, 0.05) is 39.1 Å². The molecule has 5 nitrogen and oxygen atoms in total. The Morgan fingerprint density at radius 1 is 1.42 bits per heavy atom. The zero-order valence-corrected chi connectivity index (χ0v) is 14.5. The van der Waals surface area contributed by atoms with Gasteiger partial charge in [0.25, 0.3) is 0 Å². The molecule has 0 aromatic heterocycles. The van der Waals surface area contributed by atoms with Crippen LogP contribution in [0.15, 0.2) is 24.3 Å². The average Bonchev–Trinajstić information content (AvgIpc) is 2.95. The molecule has 2 fully saturated rings. The molecule has 0 aliphatic carbocycles. The lowest BCUT2D eigenvalue weighted by Crippen LogP contribution is -2.50. The van der Waals surface area contributed by atoms with E-state index in [4.69, 9.17) is 0 Å². The Hall–Kier alpha value is -1.66. The van der Waals surface area contributed by atoms with Gasteiger partial charge in [-0.2, -0.15) is 0 Å². The molecular formula is C17H23ClFN3O2. The van der Waals surface area contributed by atoms with E-state index in [9.17, 15) is 14.0 Å². The Bertz CT molecular complexity index is 613. The third kappa shape index (κ3) is 3.70. The van der Waals surface area contributed by atoms with Crippen LogP contribution >= 0.6 is 12.4 Å². The Labute approximate surface area is 147 Å². The molecule has 0 saturated carbocycles. The summed E-state index contributed by atoms with van der Waals surface area (Å²) in [5.41, 5.74) is 0.794. The fourth-order valence-corrected chi connectivity index (χ4v) is 3.46. The summed E-state index contributed by atoms with van der Waals surface area (Å²) < 4.78 is 13.5. The Balaban J connectivity index is 0.00000208. The van der Waals surface area contributed by atoms with Crippen molar-refractivity contribution >= 4 is 24.2 Å². The molecule has 2 unspecified atom stereocenters. The minimum atomic E-state index is -0.298. The lowest BCUT2D eigenvalue weighted by Gasteiger charge is -2.38. The van der Waals surface area contributed by atoms with E-state index in [0.717, 1.165) is 12.1 Å². The van der Waals surface area contributed by atoms with Crippen LogP contribution in [0.4, 0.5) is 4.39 Å². The highest BCUT2D eigenvalue weighted by molar-refractivity contribution is 5.89. The van der Waals surface area contributed by atoms with E-state index in [2.05, 4.69) is 5.32 Å². The number of halogens is 2. The predicted octanol–water partition coefficient (Wildman–Crippen LogP) is 1.59. The van der Waals surface area contributed by atoms with Crippen molar-refractivity contribution in [2.75, 3.05) is 32.7 Å². The number of benzene rings is 1. The van der Waals surface area contributed by atoms with E-state index >= 15 is 0 Å². The van der Waals surface area contributed by atoms with Gasteiger partial charge in [0.05, 0.1) is 12.0 Å². The molecule has 132 valence electrons. The number of hydrogen-bond donors (Lipinski definition) is 1. The molecule has 2 atom stereocenters. The van der Waals surface area contributed by atoms with Crippen LogP contribution < -0.4 is 5.32 Å². The fraction of sp³-hybridized carbons (Fsp3) is 0.529. The maximum absolute atomic E-state index is 13.5. The van der Waals surface area contributed by atoms with Gasteiger partial charge in [0.2, 0.25) is 11.8 Å². The van der Waals surface area contributed by atoms with Crippen LogP contribution in [-0.4, -0.2) is 54.3 Å². The third-order valence-electron chi connectivity index (χ3n) is 4.71. The van der Waals surface area contributed by atoms with Crippen molar-refractivity contribution in [3.8, 4) is 0 Å². The van der Waals surface area contributed by atoms with Crippen molar-refractivity contribution in [2.24, 2.45) is 5.92 Å². The highest BCUT2D eigenvalue weighted by Crippen LogP contribution is 2.27. The second-order valence-corrected chi connectivity index (χ2v) is 6.14. The number of carbonyl (C=O) groups is 2. The van der Waals surface area contributed by atoms with Gasteiger partial charge in [-0.1, -0.05) is 12.1 Å². The van der Waals surface area contributed by atoms with Gasteiger partial charge < -0.3 is 15.1 Å². The van der Waals surface area contributed by atoms with Crippen LogP contribution in [0.2, 0.25) is 0 Å². The number of likely N-dealkylation sites (tertiary alicyclic amines) is 1. The molecule has 0 radical (unpaired) electrons. The second kappa shape index (κ2) is 7.94. The normalized spacial score (nSPS) is 24.0. The highest BCUT2D eigenvalue weighted by Gasteiger charge is 2.38. The molecule has 24 heavy (non-hydrogen) atoms. The van der Waals surface area contributed by atoms with Crippen LogP contribution in [-0.2, 0) is 9.59 Å². The first-order chi connectivity index (χ1) is 11.1. The van der Waals surface area contributed by atoms with Crippen LogP contribution in [0.3, 0.4) is 0 Å². The monoisotopic (exact) mass is 355 g/mol. The molecule has 2 heterocycles. The van der Waals surface area contributed by atoms with Gasteiger partial charge in [-0.25, -0.2) is 4.39 Å². The Kier molecular flexibility index (Phi) is 6.18. The van der Waals surface area contributed by atoms with E-state index in [1.165, 1.54) is 12.1 Å². The molecule has 0 bridgehead atoms. The van der Waals surface area contributed by atoms with Crippen molar-refractivity contribution in [2.45, 2.75) is 19.4 Å². The number of carbonyl (C=O) groups excluding carboxylic acids is 2. The number of nitrogens with one attached hydrogen (secondary N) is 1. The molecular weight excluding hydrogens is 333 g/mol. The summed E-state index contributed by atoms with van der Waals surface area (Å²) in [5.74, 6) is -0.529. The lowest BCUT2D eigenvalue weighted by molar-refractivity contribution is -0.139. The van der Waals surface area contributed by atoms with Gasteiger partial charge >= 0.3 is 0 Å². The van der Waals surface area contributed by atoms with E-state index in [1.807, 2.05) is 17.9 Å². The van der Waals surface area contributed by atoms with E-state index < -0.39 is 0 Å². The number of rotatable bonds is 3. The first-order valence-corrected chi connectivity index (χ1v) is 8.14. The third-order valence-corrected chi connectivity index (χ3v) is 4.71. The van der Waals surface area contributed by atoms with E-state index in [-0.39, 0.29) is 48.4 Å². The largest absolute Gasteiger partial charge is 0.342 e. The molecule has 2 amide bonds. The van der Waals surface area contributed by atoms with Crippen molar-refractivity contribution in [1.29, 1.82) is 0 Å². The number of hydrogen-bond acceptors (Lipinski definition) is 3. The number of nitrogens with zero attached hydrogens (tertiary/aromatic N) is 2. The Morgan fingerprint density at radius 2 is 2.21 bits per heavy atom. The maximum Gasteiger partial charge on any atom is 0.228 e. The number of amides is 2. The van der Waals surface area contributed by atoms with E-state index in [1.54, 1.807) is 11.0 Å².